The minimum Gasteiger partial charge on any atom is -0.444 e. The highest BCUT2D eigenvalue weighted by atomic mass is 16.6. The van der Waals surface area contributed by atoms with Crippen molar-refractivity contribution in [3.05, 3.63) is 40.3 Å². The molecule has 0 spiro atoms. The molecular weight excluding hydrogens is 282 g/mol. The first-order valence-corrected chi connectivity index (χ1v) is 7.19. The zero-order chi connectivity index (χ0) is 16.2. The molecule has 118 valence electrons. The fraction of sp³-hybridized carbons (Fsp3) is 0.375. The smallest absolute Gasteiger partial charge is 0.407 e. The summed E-state index contributed by atoms with van der Waals surface area (Å²) in [5.74, 6) is 0. The van der Waals surface area contributed by atoms with Crippen LogP contribution in [0.1, 0.15) is 32.8 Å². The third-order valence-electron chi connectivity index (χ3n) is 2.83. The topological polar surface area (TPSA) is 87.0 Å². The summed E-state index contributed by atoms with van der Waals surface area (Å²) in [6, 6.07) is 5.67. The number of imidazole rings is 1. The molecule has 0 fully saturated rings. The molecule has 0 radical (unpaired) electrons. The van der Waals surface area contributed by atoms with E-state index in [1.165, 1.54) is 0 Å². The Morgan fingerprint density at radius 3 is 2.73 bits per heavy atom. The predicted molar refractivity (Wildman–Crippen MR) is 86.8 cm³/mol. The Labute approximate surface area is 128 Å². The van der Waals surface area contributed by atoms with E-state index in [-0.39, 0.29) is 5.69 Å². The van der Waals surface area contributed by atoms with Crippen LogP contribution in [0.5, 0.6) is 0 Å². The van der Waals surface area contributed by atoms with Gasteiger partial charge in [0.05, 0.1) is 11.0 Å². The molecule has 3 N–H and O–H groups in total. The van der Waals surface area contributed by atoms with Gasteiger partial charge in [-0.1, -0.05) is 18.2 Å². The summed E-state index contributed by atoms with van der Waals surface area (Å²) in [6.45, 7) is 5.99. The van der Waals surface area contributed by atoms with Gasteiger partial charge in [0.1, 0.15) is 5.60 Å². The number of carbonyl (C=O) groups excluding carboxylic acids is 1. The fourth-order valence-electron chi connectivity index (χ4n) is 1.94. The number of alkyl carbamates (subject to hydrolysis) is 1. The van der Waals surface area contributed by atoms with Crippen LogP contribution in [0.4, 0.5) is 4.79 Å². The fourth-order valence-corrected chi connectivity index (χ4v) is 1.94. The summed E-state index contributed by atoms with van der Waals surface area (Å²) in [6.07, 6.45) is 4.19. The van der Waals surface area contributed by atoms with E-state index in [0.29, 0.717) is 13.0 Å². The molecule has 6 nitrogen and oxygen atoms in total. The number of aromatic amines is 2. The number of fused-ring (bicyclic) bond motifs is 1. The highest BCUT2D eigenvalue weighted by Gasteiger charge is 2.15. The van der Waals surface area contributed by atoms with E-state index in [4.69, 9.17) is 4.74 Å². The maximum atomic E-state index is 11.4. The second-order valence-corrected chi connectivity index (χ2v) is 6.00. The lowest BCUT2D eigenvalue weighted by Gasteiger charge is -2.19. The van der Waals surface area contributed by atoms with Crippen LogP contribution in [0.2, 0.25) is 0 Å². The van der Waals surface area contributed by atoms with E-state index < -0.39 is 11.7 Å². The van der Waals surface area contributed by atoms with Crippen LogP contribution in [-0.4, -0.2) is 28.2 Å². The number of hydrogen-bond acceptors (Lipinski definition) is 3. The molecule has 0 unspecified atom stereocenters. The number of hydrogen-bond donors (Lipinski definition) is 3. The summed E-state index contributed by atoms with van der Waals surface area (Å²) in [7, 11) is 0. The van der Waals surface area contributed by atoms with E-state index in [1.54, 1.807) is 0 Å². The van der Waals surface area contributed by atoms with Gasteiger partial charge in [-0.25, -0.2) is 9.59 Å². The second kappa shape index (κ2) is 6.51. The Morgan fingerprint density at radius 1 is 1.27 bits per heavy atom. The van der Waals surface area contributed by atoms with E-state index in [1.807, 2.05) is 51.1 Å². The summed E-state index contributed by atoms with van der Waals surface area (Å²) < 4.78 is 5.14. The lowest BCUT2D eigenvalue weighted by molar-refractivity contribution is 0.0529. The van der Waals surface area contributed by atoms with Gasteiger partial charge in [0, 0.05) is 6.54 Å². The number of carbonyl (C=O) groups is 1. The van der Waals surface area contributed by atoms with Crippen LogP contribution in [0, 0.1) is 0 Å². The zero-order valence-corrected chi connectivity index (χ0v) is 13.0. The van der Waals surface area contributed by atoms with E-state index in [2.05, 4.69) is 15.3 Å². The second-order valence-electron chi connectivity index (χ2n) is 6.00. The molecule has 0 aliphatic carbocycles. The average Bonchev–Trinajstić information content (AvgIpc) is 2.75. The average molecular weight is 303 g/mol. The summed E-state index contributed by atoms with van der Waals surface area (Å²) in [5, 5.41) is 2.69. The largest absolute Gasteiger partial charge is 0.444 e. The lowest BCUT2D eigenvalue weighted by atomic mass is 10.2. The Hall–Kier alpha value is -2.50. The van der Waals surface area contributed by atoms with Crippen LogP contribution in [0.3, 0.4) is 0 Å². The van der Waals surface area contributed by atoms with Gasteiger partial charge in [-0.05, 0) is 44.9 Å². The Kier molecular flexibility index (Phi) is 4.70. The van der Waals surface area contributed by atoms with Gasteiger partial charge in [-0.15, -0.1) is 0 Å². The van der Waals surface area contributed by atoms with Crippen LogP contribution in [0.25, 0.3) is 17.1 Å². The van der Waals surface area contributed by atoms with Crippen molar-refractivity contribution in [3.63, 3.8) is 0 Å². The number of amides is 1. The Bertz CT molecular complexity index is 735. The molecule has 0 aliphatic heterocycles. The molecule has 1 amide bonds. The molecule has 22 heavy (non-hydrogen) atoms. The first-order chi connectivity index (χ1) is 10.3. The SMILES string of the molecule is CC(C)(C)OC(=O)NCCC=Cc1ccc2[nH]c(=O)[nH]c2c1. The van der Waals surface area contributed by atoms with Gasteiger partial charge < -0.3 is 20.0 Å². The van der Waals surface area contributed by atoms with Gasteiger partial charge >= 0.3 is 11.8 Å². The van der Waals surface area contributed by atoms with Crippen molar-refractivity contribution in [2.24, 2.45) is 0 Å². The molecule has 6 heteroatoms. The van der Waals surface area contributed by atoms with Gasteiger partial charge in [-0.2, -0.15) is 0 Å². The quantitative estimate of drug-likeness (QED) is 0.759. The summed E-state index contributed by atoms with van der Waals surface area (Å²) >= 11 is 0. The highest BCUT2D eigenvalue weighted by molar-refractivity contribution is 5.77. The molecule has 0 bridgehead atoms. The van der Waals surface area contributed by atoms with E-state index >= 15 is 0 Å². The minimum absolute atomic E-state index is 0.210. The number of benzene rings is 1. The molecule has 1 heterocycles. The summed E-state index contributed by atoms with van der Waals surface area (Å²) in [4.78, 5) is 28.0. The van der Waals surface area contributed by atoms with Crippen molar-refractivity contribution >= 4 is 23.2 Å². The van der Waals surface area contributed by atoms with Crippen molar-refractivity contribution < 1.29 is 9.53 Å². The molecule has 2 rings (SSSR count). The van der Waals surface area contributed by atoms with E-state index in [9.17, 15) is 9.59 Å². The molecule has 1 aromatic carbocycles. The predicted octanol–water partition coefficient (Wildman–Crippen LogP) is 2.78. The first kappa shape index (κ1) is 15.9. The van der Waals surface area contributed by atoms with E-state index in [0.717, 1.165) is 16.6 Å². The van der Waals surface area contributed by atoms with Crippen molar-refractivity contribution in [2.75, 3.05) is 6.54 Å². The van der Waals surface area contributed by atoms with Gasteiger partial charge in [0.2, 0.25) is 0 Å². The molecule has 1 aromatic heterocycles. The third-order valence-corrected chi connectivity index (χ3v) is 2.83. The highest BCUT2D eigenvalue weighted by Crippen LogP contribution is 2.11. The lowest BCUT2D eigenvalue weighted by Crippen LogP contribution is -2.32. The van der Waals surface area contributed by atoms with Gasteiger partial charge in [-0.3, -0.25) is 0 Å². The maximum Gasteiger partial charge on any atom is 0.407 e. The standard InChI is InChI=1S/C16H21N3O3/c1-16(2,3)22-15(21)17-9-5-4-6-11-7-8-12-13(10-11)19-14(20)18-12/h4,6-8,10H,5,9H2,1-3H3,(H,17,21)(H2,18,19,20). The van der Waals surface area contributed by atoms with Crippen LogP contribution >= 0.6 is 0 Å². The van der Waals surface area contributed by atoms with Crippen molar-refractivity contribution in [2.45, 2.75) is 32.8 Å². The molecular formula is C16H21N3O3. The monoisotopic (exact) mass is 303 g/mol. The normalized spacial score (nSPS) is 12.0. The number of aromatic nitrogens is 2. The third kappa shape index (κ3) is 4.80. The van der Waals surface area contributed by atoms with Crippen LogP contribution < -0.4 is 11.0 Å². The Morgan fingerprint density at radius 2 is 2.00 bits per heavy atom. The van der Waals surface area contributed by atoms with Crippen molar-refractivity contribution in [3.8, 4) is 0 Å². The van der Waals surface area contributed by atoms with Crippen molar-refractivity contribution in [1.29, 1.82) is 0 Å². The zero-order valence-electron chi connectivity index (χ0n) is 13.0. The number of rotatable bonds is 4. The number of ether oxygens (including phenoxy) is 1. The summed E-state index contributed by atoms with van der Waals surface area (Å²) in [5.41, 5.74) is 1.86. The van der Waals surface area contributed by atoms with Gasteiger partial charge in [0.25, 0.3) is 0 Å². The number of H-pyrrole nitrogens is 2. The Balaban J connectivity index is 1.81. The minimum atomic E-state index is -0.483. The molecule has 2 aromatic rings. The van der Waals surface area contributed by atoms with Crippen LogP contribution in [0.15, 0.2) is 29.1 Å². The molecule has 0 saturated carbocycles. The maximum absolute atomic E-state index is 11.4. The molecule has 0 atom stereocenters. The van der Waals surface area contributed by atoms with Gasteiger partial charge in [0.15, 0.2) is 0 Å². The van der Waals surface area contributed by atoms with Crippen molar-refractivity contribution in [1.82, 2.24) is 15.3 Å². The number of nitrogens with one attached hydrogen (secondary N) is 3. The van der Waals surface area contributed by atoms with Crippen LogP contribution in [-0.2, 0) is 4.74 Å². The molecule has 0 saturated heterocycles. The first-order valence-electron chi connectivity index (χ1n) is 7.19. The molecule has 0 aliphatic rings.